The average Bonchev–Trinajstić information content (AvgIpc) is 3.81. The Morgan fingerprint density at radius 3 is 2.81 bits per heavy atom. The zero-order valence-electron chi connectivity index (χ0n) is 26.3. The molecule has 3 atom stereocenters. The summed E-state index contributed by atoms with van der Waals surface area (Å²) in [7, 11) is 0. The monoisotopic (exact) mass is 649 g/mol. The number of anilines is 1. The molecule has 2 unspecified atom stereocenters. The smallest absolute Gasteiger partial charge is 0.319 e. The Morgan fingerprint density at radius 1 is 1.15 bits per heavy atom. The highest BCUT2D eigenvalue weighted by Crippen LogP contribution is 2.44. The third-order valence-corrected chi connectivity index (χ3v) is 10.6. The fourth-order valence-electron chi connectivity index (χ4n) is 8.12. The van der Waals surface area contributed by atoms with Gasteiger partial charge in [0, 0.05) is 31.3 Å². The number of fused-ring (bicyclic) bond motifs is 3. The summed E-state index contributed by atoms with van der Waals surface area (Å²) in [6.45, 7) is 4.28. The van der Waals surface area contributed by atoms with E-state index in [1.165, 1.54) is 24.4 Å². The van der Waals surface area contributed by atoms with Gasteiger partial charge in [-0.15, -0.1) is 0 Å². The number of rotatable bonds is 7. The molecular weight excluding hydrogens is 611 g/mol. The Labute approximate surface area is 270 Å². The van der Waals surface area contributed by atoms with Crippen molar-refractivity contribution in [1.29, 1.82) is 0 Å². The lowest BCUT2D eigenvalue weighted by molar-refractivity contribution is -0.0417. The fraction of sp³-hybridized carbons (Fsp3) is 0.514. The van der Waals surface area contributed by atoms with Crippen LogP contribution in [-0.4, -0.2) is 93.4 Å². The van der Waals surface area contributed by atoms with Crippen molar-refractivity contribution in [2.45, 2.75) is 62.8 Å². The number of aryl methyl sites for hydroxylation is 1. The van der Waals surface area contributed by atoms with Crippen molar-refractivity contribution in [3.8, 4) is 23.0 Å². The molecule has 47 heavy (non-hydrogen) atoms. The van der Waals surface area contributed by atoms with Crippen LogP contribution in [0.15, 0.2) is 30.5 Å². The molecule has 1 aliphatic carbocycles. The van der Waals surface area contributed by atoms with Gasteiger partial charge in [-0.3, -0.25) is 9.88 Å². The van der Waals surface area contributed by atoms with Crippen molar-refractivity contribution in [2.75, 3.05) is 50.9 Å². The fourth-order valence-corrected chi connectivity index (χ4v) is 8.12. The highest BCUT2D eigenvalue weighted by molar-refractivity contribution is 6.01. The molecule has 8 rings (SSSR count). The van der Waals surface area contributed by atoms with Gasteiger partial charge in [0.15, 0.2) is 5.82 Å². The number of halogens is 3. The summed E-state index contributed by atoms with van der Waals surface area (Å²) in [4.78, 5) is 17.9. The number of aromatic nitrogens is 3. The lowest BCUT2D eigenvalue weighted by atomic mass is 9.94. The van der Waals surface area contributed by atoms with E-state index in [0.717, 1.165) is 32.2 Å². The van der Waals surface area contributed by atoms with Crippen LogP contribution in [0.1, 0.15) is 44.6 Å². The van der Waals surface area contributed by atoms with Crippen molar-refractivity contribution >= 4 is 27.5 Å². The number of nitrogens with zero attached hydrogens (tertiary/aromatic N) is 5. The van der Waals surface area contributed by atoms with Gasteiger partial charge in [-0.2, -0.15) is 9.97 Å². The van der Waals surface area contributed by atoms with Gasteiger partial charge < -0.3 is 24.6 Å². The summed E-state index contributed by atoms with van der Waals surface area (Å²) in [5, 5.41) is 23.5. The van der Waals surface area contributed by atoms with Gasteiger partial charge in [0.25, 0.3) is 0 Å². The number of pyridine rings is 1. The first-order valence-corrected chi connectivity index (χ1v) is 16.6. The first kappa shape index (κ1) is 30.6. The van der Waals surface area contributed by atoms with Crippen molar-refractivity contribution < 1.29 is 32.9 Å². The third-order valence-electron chi connectivity index (χ3n) is 10.6. The van der Waals surface area contributed by atoms with E-state index in [1.807, 2.05) is 11.8 Å². The van der Waals surface area contributed by atoms with Crippen LogP contribution < -0.4 is 9.64 Å². The van der Waals surface area contributed by atoms with Gasteiger partial charge in [0.05, 0.1) is 30.7 Å². The van der Waals surface area contributed by atoms with E-state index in [2.05, 4.69) is 14.9 Å². The van der Waals surface area contributed by atoms with Gasteiger partial charge >= 0.3 is 6.01 Å². The molecule has 3 saturated heterocycles. The molecule has 4 fully saturated rings. The van der Waals surface area contributed by atoms with E-state index in [1.54, 1.807) is 6.07 Å². The van der Waals surface area contributed by atoms with E-state index < -0.39 is 28.9 Å². The number of aliphatic hydroxyl groups is 1. The second-order valence-corrected chi connectivity index (χ2v) is 13.7. The molecule has 0 bridgehead atoms. The van der Waals surface area contributed by atoms with E-state index in [9.17, 15) is 19.0 Å². The van der Waals surface area contributed by atoms with Gasteiger partial charge in [-0.05, 0) is 79.1 Å². The minimum absolute atomic E-state index is 0.0587. The Bertz CT molecular complexity index is 1880. The molecule has 0 radical (unpaired) electrons. The Hall–Kier alpha value is -3.74. The van der Waals surface area contributed by atoms with Gasteiger partial charge in [-0.25, -0.2) is 13.2 Å². The first-order chi connectivity index (χ1) is 22.7. The summed E-state index contributed by atoms with van der Waals surface area (Å²) in [5.74, 6) is -0.860. The van der Waals surface area contributed by atoms with Crippen LogP contribution >= 0.6 is 0 Å². The van der Waals surface area contributed by atoms with Crippen molar-refractivity contribution in [1.82, 2.24) is 19.9 Å². The average molecular weight is 650 g/mol. The number of aromatic hydroxyl groups is 1. The number of alkyl halides is 1. The maximum absolute atomic E-state index is 16.9. The van der Waals surface area contributed by atoms with Gasteiger partial charge in [0.2, 0.25) is 0 Å². The number of ether oxygens (including phenoxy) is 2. The minimum atomic E-state index is -1.09. The molecule has 4 aliphatic rings. The summed E-state index contributed by atoms with van der Waals surface area (Å²) in [6.07, 6.45) is 4.78. The molecule has 1 saturated carbocycles. The predicted octanol–water partition coefficient (Wildman–Crippen LogP) is 5.32. The summed E-state index contributed by atoms with van der Waals surface area (Å²) < 4.78 is 58.5. The van der Waals surface area contributed by atoms with Crippen LogP contribution in [-0.2, 0) is 11.2 Å². The van der Waals surface area contributed by atoms with Gasteiger partial charge in [0.1, 0.15) is 47.0 Å². The molecule has 2 aromatic carbocycles. The maximum atomic E-state index is 16.9. The quantitative estimate of drug-likeness (QED) is 0.275. The summed E-state index contributed by atoms with van der Waals surface area (Å²) in [5.41, 5.74) is -1.09. The zero-order valence-corrected chi connectivity index (χ0v) is 26.3. The largest absolute Gasteiger partial charge is 0.508 e. The normalized spacial score (nSPS) is 26.7. The van der Waals surface area contributed by atoms with Crippen LogP contribution in [0.25, 0.3) is 32.9 Å². The minimum Gasteiger partial charge on any atom is -0.508 e. The highest BCUT2D eigenvalue weighted by Gasteiger charge is 2.50. The second kappa shape index (κ2) is 11.5. The Balaban J connectivity index is 1.28. The predicted molar refractivity (Wildman–Crippen MR) is 170 cm³/mol. The molecular formula is C35H38F3N5O4. The van der Waals surface area contributed by atoms with Crippen LogP contribution in [0.3, 0.4) is 0 Å². The number of phenolic OH excluding ortho intramolecular Hbond substituents is 1. The summed E-state index contributed by atoms with van der Waals surface area (Å²) in [6, 6.07) is 5.74. The van der Waals surface area contributed by atoms with Crippen molar-refractivity contribution in [3.05, 3.63) is 47.7 Å². The number of hydrogen-bond donors (Lipinski definition) is 2. The molecule has 0 spiro atoms. The molecule has 248 valence electrons. The van der Waals surface area contributed by atoms with E-state index in [0.29, 0.717) is 60.1 Å². The number of hydrogen-bond acceptors (Lipinski definition) is 9. The molecule has 5 heterocycles. The van der Waals surface area contributed by atoms with Crippen molar-refractivity contribution in [3.63, 3.8) is 0 Å². The standard InChI is InChI=1S/C35H38F3N5O4/c1-2-24-27(37)7-4-20-12-23(44)13-25(28(20)24)30-29(38)31-26(15-39-30)32(42-10-11-46-19-35(45,17-42)21-5-6-21)41-33(40-31)47-18-34-8-3-9-43(34)16-22(36)14-34/h4,7,12-13,15,21-22,44-45H,2-3,5-6,8-11,14,16-19H2,1H3/t22?,34-,35?/m0/s1. The lowest BCUT2D eigenvalue weighted by Crippen LogP contribution is -2.46. The molecule has 0 amide bonds. The topological polar surface area (TPSA) is 104 Å². The highest BCUT2D eigenvalue weighted by atomic mass is 19.1. The van der Waals surface area contributed by atoms with Crippen LogP contribution in [0.5, 0.6) is 11.8 Å². The SMILES string of the molecule is CCc1c(F)ccc2cc(O)cc(-c3ncc4c(N5CCOCC(O)(C6CC6)C5)nc(OC[C@@]56CCCN5CC(F)C6)nc4c3F)c12. The van der Waals surface area contributed by atoms with E-state index >= 15 is 4.39 Å². The Morgan fingerprint density at radius 2 is 2.00 bits per heavy atom. The molecule has 2 N–H and O–H groups in total. The molecule has 12 heteroatoms. The van der Waals surface area contributed by atoms with Crippen LogP contribution in [0.4, 0.5) is 19.0 Å². The van der Waals surface area contributed by atoms with E-state index in [-0.39, 0.29) is 54.2 Å². The number of β-amino-alcohol motifs (C(OH)–C–C–N with tert-alkyl or cyclic N) is 1. The molecule has 3 aliphatic heterocycles. The molecule has 4 aromatic rings. The number of benzene rings is 2. The first-order valence-electron chi connectivity index (χ1n) is 16.6. The third kappa shape index (κ3) is 5.25. The summed E-state index contributed by atoms with van der Waals surface area (Å²) >= 11 is 0. The zero-order chi connectivity index (χ0) is 32.5. The maximum Gasteiger partial charge on any atom is 0.319 e. The molecule has 2 aromatic heterocycles. The van der Waals surface area contributed by atoms with Crippen LogP contribution in [0, 0.1) is 17.6 Å². The lowest BCUT2D eigenvalue weighted by Gasteiger charge is -2.32. The molecule has 9 nitrogen and oxygen atoms in total. The van der Waals surface area contributed by atoms with Crippen LogP contribution in [0.2, 0.25) is 0 Å². The van der Waals surface area contributed by atoms with E-state index in [4.69, 9.17) is 14.5 Å². The van der Waals surface area contributed by atoms with Gasteiger partial charge in [-0.1, -0.05) is 13.0 Å². The van der Waals surface area contributed by atoms with Crippen molar-refractivity contribution in [2.24, 2.45) is 5.92 Å². The second-order valence-electron chi connectivity index (χ2n) is 13.7. The Kier molecular flexibility index (Phi) is 7.45. The number of phenols is 1.